The average molecular weight is 183 g/mol. The van der Waals surface area contributed by atoms with E-state index in [9.17, 15) is 4.79 Å². The minimum Gasteiger partial charge on any atom is -0.383 e. The van der Waals surface area contributed by atoms with Crippen LogP contribution in [0.3, 0.4) is 0 Å². The Bertz CT molecular complexity index is 283. The molecule has 0 aliphatic rings. The van der Waals surface area contributed by atoms with Crippen LogP contribution in [0.2, 0.25) is 0 Å². The molecule has 1 aromatic heterocycles. The molecule has 0 unspecified atom stereocenters. The molecule has 1 heterocycles. The lowest BCUT2D eigenvalue weighted by Crippen LogP contribution is -2.29. The minimum absolute atomic E-state index is 0.176. The molecule has 0 aliphatic carbocycles. The van der Waals surface area contributed by atoms with Crippen LogP contribution < -0.4 is 5.32 Å². The van der Waals surface area contributed by atoms with Gasteiger partial charge in [-0.3, -0.25) is 4.79 Å². The molecule has 1 N–H and O–H groups in total. The van der Waals surface area contributed by atoms with Gasteiger partial charge >= 0.3 is 0 Å². The lowest BCUT2D eigenvalue weighted by molar-refractivity contribution is 0.0923. The quantitative estimate of drug-likeness (QED) is 0.657. The Kier molecular flexibility index (Phi) is 3.45. The summed E-state index contributed by atoms with van der Waals surface area (Å²) in [6.07, 6.45) is 3.32. The fourth-order valence-corrected chi connectivity index (χ4v) is 0.930. The van der Waals surface area contributed by atoms with Crippen LogP contribution in [0.4, 0.5) is 0 Å². The SMILES string of the molecule is COCCNC(=O)c1nccn1C. The number of aryl methyl sites for hydroxylation is 1. The molecule has 0 saturated carbocycles. The maximum absolute atomic E-state index is 11.4. The molecule has 1 rings (SSSR count). The van der Waals surface area contributed by atoms with E-state index >= 15 is 0 Å². The van der Waals surface area contributed by atoms with Gasteiger partial charge in [0.2, 0.25) is 0 Å². The highest BCUT2D eigenvalue weighted by molar-refractivity contribution is 5.90. The number of hydrogen-bond acceptors (Lipinski definition) is 3. The molecule has 0 radical (unpaired) electrons. The van der Waals surface area contributed by atoms with Crippen molar-refractivity contribution >= 4 is 5.91 Å². The Morgan fingerprint density at radius 3 is 3.08 bits per heavy atom. The molecule has 0 aromatic carbocycles. The Balaban J connectivity index is 2.45. The first-order valence-corrected chi connectivity index (χ1v) is 4.00. The van der Waals surface area contributed by atoms with Crippen LogP contribution in [-0.2, 0) is 11.8 Å². The molecule has 0 fully saturated rings. The number of methoxy groups -OCH3 is 1. The predicted octanol–water partition coefficient (Wildman–Crippen LogP) is -0.204. The fourth-order valence-electron chi connectivity index (χ4n) is 0.930. The molecule has 0 saturated heterocycles. The standard InChI is InChI=1S/C8H13N3O2/c1-11-5-3-9-7(11)8(12)10-4-6-13-2/h3,5H,4,6H2,1-2H3,(H,10,12). The minimum atomic E-state index is -0.176. The summed E-state index contributed by atoms with van der Waals surface area (Å²) in [5.74, 6) is 0.237. The van der Waals surface area contributed by atoms with Gasteiger partial charge in [-0.2, -0.15) is 0 Å². The molecular weight excluding hydrogens is 170 g/mol. The number of carbonyl (C=O) groups excluding carboxylic acids is 1. The fraction of sp³-hybridized carbons (Fsp3) is 0.500. The van der Waals surface area contributed by atoms with Gasteiger partial charge in [0.25, 0.3) is 5.91 Å². The zero-order valence-corrected chi connectivity index (χ0v) is 7.78. The van der Waals surface area contributed by atoms with Crippen molar-refractivity contribution in [1.82, 2.24) is 14.9 Å². The van der Waals surface area contributed by atoms with Crippen molar-refractivity contribution in [1.29, 1.82) is 0 Å². The summed E-state index contributed by atoms with van der Waals surface area (Å²) < 4.78 is 6.47. The van der Waals surface area contributed by atoms with Crippen LogP contribution in [-0.4, -0.2) is 35.7 Å². The van der Waals surface area contributed by atoms with E-state index in [1.165, 1.54) is 0 Å². The maximum atomic E-state index is 11.4. The van der Waals surface area contributed by atoms with E-state index in [2.05, 4.69) is 10.3 Å². The highest BCUT2D eigenvalue weighted by Gasteiger charge is 2.08. The number of hydrogen-bond donors (Lipinski definition) is 1. The van der Waals surface area contributed by atoms with Crippen molar-refractivity contribution in [3.8, 4) is 0 Å². The number of rotatable bonds is 4. The van der Waals surface area contributed by atoms with Crippen molar-refractivity contribution in [2.45, 2.75) is 0 Å². The van der Waals surface area contributed by atoms with Gasteiger partial charge in [0.15, 0.2) is 5.82 Å². The summed E-state index contributed by atoms with van der Waals surface area (Å²) in [4.78, 5) is 15.3. The van der Waals surface area contributed by atoms with E-state index in [-0.39, 0.29) is 5.91 Å². The summed E-state index contributed by atoms with van der Waals surface area (Å²) >= 11 is 0. The second kappa shape index (κ2) is 4.61. The first-order chi connectivity index (χ1) is 6.25. The molecule has 72 valence electrons. The van der Waals surface area contributed by atoms with E-state index in [0.717, 1.165) is 0 Å². The van der Waals surface area contributed by atoms with Gasteiger partial charge in [0, 0.05) is 33.1 Å². The van der Waals surface area contributed by atoms with Gasteiger partial charge in [-0.1, -0.05) is 0 Å². The van der Waals surface area contributed by atoms with Crippen LogP contribution in [0.5, 0.6) is 0 Å². The third kappa shape index (κ3) is 2.55. The van der Waals surface area contributed by atoms with Crippen molar-refractivity contribution in [3.05, 3.63) is 18.2 Å². The second-order valence-electron chi connectivity index (χ2n) is 2.61. The Morgan fingerprint density at radius 2 is 2.54 bits per heavy atom. The van der Waals surface area contributed by atoms with Gasteiger partial charge in [-0.15, -0.1) is 0 Å². The lowest BCUT2D eigenvalue weighted by Gasteiger charge is -2.03. The summed E-state index contributed by atoms with van der Waals surface area (Å²) in [6.45, 7) is 1.01. The van der Waals surface area contributed by atoms with Crippen LogP contribution in [0, 0.1) is 0 Å². The predicted molar refractivity (Wildman–Crippen MR) is 47.4 cm³/mol. The highest BCUT2D eigenvalue weighted by atomic mass is 16.5. The summed E-state index contributed by atoms with van der Waals surface area (Å²) in [6, 6.07) is 0. The zero-order chi connectivity index (χ0) is 9.68. The van der Waals surface area contributed by atoms with Gasteiger partial charge < -0.3 is 14.6 Å². The van der Waals surface area contributed by atoms with Crippen LogP contribution >= 0.6 is 0 Å². The maximum Gasteiger partial charge on any atom is 0.287 e. The normalized spacial score (nSPS) is 10.0. The number of carbonyl (C=O) groups is 1. The monoisotopic (exact) mass is 183 g/mol. The van der Waals surface area contributed by atoms with Gasteiger partial charge in [-0.05, 0) is 0 Å². The van der Waals surface area contributed by atoms with Crippen molar-refractivity contribution in [3.63, 3.8) is 0 Å². The number of imidazole rings is 1. The van der Waals surface area contributed by atoms with Gasteiger partial charge in [0.1, 0.15) is 0 Å². The molecule has 1 amide bonds. The third-order valence-electron chi connectivity index (χ3n) is 1.62. The first-order valence-electron chi connectivity index (χ1n) is 4.00. The molecule has 5 heteroatoms. The molecule has 0 atom stereocenters. The van der Waals surface area contributed by atoms with Crippen molar-refractivity contribution in [2.24, 2.45) is 7.05 Å². The van der Waals surface area contributed by atoms with Gasteiger partial charge in [-0.25, -0.2) is 4.98 Å². The molecular formula is C8H13N3O2. The van der Waals surface area contributed by atoms with E-state index < -0.39 is 0 Å². The molecule has 1 aromatic rings. The van der Waals surface area contributed by atoms with E-state index in [1.807, 2.05) is 0 Å². The molecule has 13 heavy (non-hydrogen) atoms. The number of ether oxygens (including phenoxy) is 1. The van der Waals surface area contributed by atoms with E-state index in [0.29, 0.717) is 19.0 Å². The number of aromatic nitrogens is 2. The number of amides is 1. The largest absolute Gasteiger partial charge is 0.383 e. The Hall–Kier alpha value is -1.36. The summed E-state index contributed by atoms with van der Waals surface area (Å²) in [7, 11) is 3.37. The molecule has 0 spiro atoms. The smallest absolute Gasteiger partial charge is 0.287 e. The van der Waals surface area contributed by atoms with Crippen LogP contribution in [0.25, 0.3) is 0 Å². The molecule has 0 bridgehead atoms. The Morgan fingerprint density at radius 1 is 1.77 bits per heavy atom. The molecule has 0 aliphatic heterocycles. The number of nitrogens with zero attached hydrogens (tertiary/aromatic N) is 2. The number of nitrogens with one attached hydrogen (secondary N) is 1. The molecule has 5 nitrogen and oxygen atoms in total. The van der Waals surface area contributed by atoms with Crippen molar-refractivity contribution in [2.75, 3.05) is 20.3 Å². The van der Waals surface area contributed by atoms with E-state index in [4.69, 9.17) is 4.74 Å². The topological polar surface area (TPSA) is 56.1 Å². The first kappa shape index (κ1) is 9.73. The lowest BCUT2D eigenvalue weighted by atomic mass is 10.5. The van der Waals surface area contributed by atoms with Crippen molar-refractivity contribution < 1.29 is 9.53 Å². The van der Waals surface area contributed by atoms with Crippen LogP contribution in [0.1, 0.15) is 10.6 Å². The summed E-state index contributed by atoms with van der Waals surface area (Å²) in [5, 5.41) is 2.68. The highest BCUT2D eigenvalue weighted by Crippen LogP contribution is 1.92. The van der Waals surface area contributed by atoms with Crippen LogP contribution in [0.15, 0.2) is 12.4 Å². The Labute approximate surface area is 76.7 Å². The second-order valence-corrected chi connectivity index (χ2v) is 2.61. The zero-order valence-electron chi connectivity index (χ0n) is 7.78. The third-order valence-corrected chi connectivity index (χ3v) is 1.62. The van der Waals surface area contributed by atoms with Gasteiger partial charge in [0.05, 0.1) is 6.61 Å². The summed E-state index contributed by atoms with van der Waals surface area (Å²) in [5.41, 5.74) is 0. The van der Waals surface area contributed by atoms with E-state index in [1.54, 1.807) is 31.1 Å². The average Bonchev–Trinajstić information content (AvgIpc) is 2.52.